The third kappa shape index (κ3) is 3.69. The molecule has 30 heavy (non-hydrogen) atoms. The summed E-state index contributed by atoms with van der Waals surface area (Å²) in [6.45, 7) is 3.67. The van der Waals surface area contributed by atoms with Gasteiger partial charge in [-0.15, -0.1) is 0 Å². The second kappa shape index (κ2) is 7.85. The number of carbonyl (C=O) groups excluding carboxylic acids is 1. The fourth-order valence-corrected chi connectivity index (χ4v) is 3.05. The third-order valence-corrected chi connectivity index (χ3v) is 4.66. The lowest BCUT2D eigenvalue weighted by Crippen LogP contribution is -2.36. The van der Waals surface area contributed by atoms with Gasteiger partial charge >= 0.3 is 0 Å². The Balaban J connectivity index is 1.53. The molecule has 0 aliphatic heterocycles. The first-order valence-corrected chi connectivity index (χ1v) is 9.34. The van der Waals surface area contributed by atoms with E-state index in [2.05, 4.69) is 30.5 Å². The fraction of sp³-hybridized carbons (Fsp3) is 0.316. The van der Waals surface area contributed by atoms with Crippen LogP contribution >= 0.6 is 0 Å². The predicted octanol–water partition coefficient (Wildman–Crippen LogP) is 1.09. The van der Waals surface area contributed by atoms with E-state index in [1.54, 1.807) is 31.6 Å². The second-order valence-corrected chi connectivity index (χ2v) is 7.16. The van der Waals surface area contributed by atoms with E-state index in [4.69, 9.17) is 4.52 Å². The molecule has 0 spiro atoms. The third-order valence-electron chi connectivity index (χ3n) is 4.66. The molecular formula is C19H20N8O3. The van der Waals surface area contributed by atoms with Crippen LogP contribution in [-0.2, 0) is 18.4 Å². The van der Waals surface area contributed by atoms with Crippen LogP contribution < -0.4 is 10.9 Å². The van der Waals surface area contributed by atoms with E-state index in [0.717, 1.165) is 5.56 Å². The smallest absolute Gasteiger partial charge is 0.264 e. The number of amides is 1. The Morgan fingerprint density at radius 2 is 2.03 bits per heavy atom. The van der Waals surface area contributed by atoms with Crippen LogP contribution in [0.3, 0.4) is 0 Å². The minimum atomic E-state index is -0.508. The lowest BCUT2D eigenvalue weighted by Gasteiger charge is -2.18. The maximum Gasteiger partial charge on any atom is 0.264 e. The van der Waals surface area contributed by atoms with Gasteiger partial charge in [-0.1, -0.05) is 19.0 Å². The molecule has 1 N–H and O–H groups in total. The van der Waals surface area contributed by atoms with Gasteiger partial charge in [-0.05, 0) is 18.1 Å². The highest BCUT2D eigenvalue weighted by atomic mass is 16.5. The second-order valence-electron chi connectivity index (χ2n) is 7.16. The molecule has 11 heteroatoms. The molecule has 1 unspecified atom stereocenters. The molecule has 11 nitrogen and oxygen atoms in total. The molecule has 0 aromatic carbocycles. The lowest BCUT2D eigenvalue weighted by atomic mass is 10.0. The number of hydrogen-bond donors (Lipinski definition) is 1. The summed E-state index contributed by atoms with van der Waals surface area (Å²) in [6.07, 6.45) is 6.05. The number of hydrogen-bond acceptors (Lipinski definition) is 8. The molecule has 4 aromatic rings. The molecule has 1 amide bonds. The largest absolute Gasteiger partial charge is 0.342 e. The van der Waals surface area contributed by atoms with E-state index in [0.29, 0.717) is 22.7 Å². The van der Waals surface area contributed by atoms with E-state index in [9.17, 15) is 9.59 Å². The zero-order valence-electron chi connectivity index (χ0n) is 16.7. The van der Waals surface area contributed by atoms with Crippen molar-refractivity contribution in [3.8, 4) is 11.4 Å². The molecule has 0 radical (unpaired) electrons. The van der Waals surface area contributed by atoms with E-state index < -0.39 is 6.04 Å². The first-order valence-electron chi connectivity index (χ1n) is 9.34. The minimum absolute atomic E-state index is 0.0182. The van der Waals surface area contributed by atoms with Gasteiger partial charge in [0.15, 0.2) is 5.65 Å². The summed E-state index contributed by atoms with van der Waals surface area (Å²) < 4.78 is 8.14. The van der Waals surface area contributed by atoms with Crippen LogP contribution in [0.25, 0.3) is 22.4 Å². The maximum absolute atomic E-state index is 12.7. The van der Waals surface area contributed by atoms with E-state index in [1.165, 1.54) is 21.8 Å². The van der Waals surface area contributed by atoms with Gasteiger partial charge in [-0.25, -0.2) is 4.98 Å². The predicted molar refractivity (Wildman–Crippen MR) is 106 cm³/mol. The first kappa shape index (κ1) is 19.4. The number of rotatable bonds is 6. The molecule has 0 fully saturated rings. The minimum Gasteiger partial charge on any atom is -0.342 e. The molecule has 1 atom stereocenters. The van der Waals surface area contributed by atoms with Crippen LogP contribution in [0, 0.1) is 5.92 Å². The van der Waals surface area contributed by atoms with Gasteiger partial charge in [0.1, 0.15) is 24.3 Å². The van der Waals surface area contributed by atoms with Crippen LogP contribution in [0.4, 0.5) is 0 Å². The van der Waals surface area contributed by atoms with E-state index in [-0.39, 0.29) is 23.9 Å². The Morgan fingerprint density at radius 1 is 1.27 bits per heavy atom. The number of aryl methyl sites for hydroxylation is 1. The van der Waals surface area contributed by atoms with Crippen LogP contribution in [0.15, 0.2) is 46.4 Å². The molecule has 0 saturated carbocycles. The van der Waals surface area contributed by atoms with Crippen LogP contribution in [0.2, 0.25) is 0 Å². The van der Waals surface area contributed by atoms with Crippen molar-refractivity contribution < 1.29 is 9.32 Å². The van der Waals surface area contributed by atoms with Crippen molar-refractivity contribution in [2.75, 3.05) is 0 Å². The van der Waals surface area contributed by atoms with Crippen molar-refractivity contribution in [3.05, 3.63) is 53.3 Å². The highest BCUT2D eigenvalue weighted by Gasteiger charge is 2.25. The molecule has 0 aliphatic carbocycles. The molecular weight excluding hydrogens is 388 g/mol. The Hall–Kier alpha value is -3.89. The van der Waals surface area contributed by atoms with E-state index in [1.807, 2.05) is 13.8 Å². The van der Waals surface area contributed by atoms with Crippen LogP contribution in [0.1, 0.15) is 25.8 Å². The Morgan fingerprint density at radius 3 is 2.77 bits per heavy atom. The van der Waals surface area contributed by atoms with Gasteiger partial charge < -0.3 is 9.84 Å². The molecule has 154 valence electrons. The van der Waals surface area contributed by atoms with Gasteiger partial charge in [-0.2, -0.15) is 10.1 Å². The van der Waals surface area contributed by atoms with Crippen LogP contribution in [-0.4, -0.2) is 40.4 Å². The Labute approximate surface area is 170 Å². The highest BCUT2D eigenvalue weighted by molar-refractivity contribution is 5.77. The molecule has 0 saturated heterocycles. The summed E-state index contributed by atoms with van der Waals surface area (Å²) >= 11 is 0. The van der Waals surface area contributed by atoms with Crippen molar-refractivity contribution >= 4 is 16.9 Å². The number of fused-ring (bicyclic) bond motifs is 1. The van der Waals surface area contributed by atoms with Gasteiger partial charge in [0.25, 0.3) is 5.56 Å². The quantitative estimate of drug-likeness (QED) is 0.501. The molecule has 4 rings (SSSR count). The summed E-state index contributed by atoms with van der Waals surface area (Å²) in [5.41, 5.74) is 0.893. The average Bonchev–Trinajstić information content (AvgIpc) is 3.36. The summed E-state index contributed by atoms with van der Waals surface area (Å²) in [5, 5.41) is 11.2. The monoisotopic (exact) mass is 408 g/mol. The number of nitrogens with zero attached hydrogens (tertiary/aromatic N) is 7. The van der Waals surface area contributed by atoms with Crippen LogP contribution in [0.5, 0.6) is 0 Å². The Kier molecular flexibility index (Phi) is 5.09. The zero-order chi connectivity index (χ0) is 21.3. The molecule has 4 heterocycles. The molecule has 0 bridgehead atoms. The van der Waals surface area contributed by atoms with Crippen molar-refractivity contribution in [2.24, 2.45) is 13.0 Å². The van der Waals surface area contributed by atoms with Gasteiger partial charge in [0.2, 0.25) is 17.6 Å². The standard InChI is InChI=1S/C19H20N8O3/c1-11(2)15(18-24-16(25-30-18)12-4-6-20-7-5-12)23-14(28)9-27-10-21-17-13(19(27)29)8-22-26(17)3/h4-8,10-11,15H,9H2,1-3H3,(H,23,28). The van der Waals surface area contributed by atoms with Crippen molar-refractivity contribution in [1.82, 2.24) is 39.8 Å². The number of aromatic nitrogens is 7. The molecule has 0 aliphatic rings. The summed E-state index contributed by atoms with van der Waals surface area (Å²) in [5.74, 6) is 0.313. The maximum atomic E-state index is 12.7. The Bertz CT molecular complexity index is 1240. The van der Waals surface area contributed by atoms with Crippen molar-refractivity contribution in [3.63, 3.8) is 0 Å². The zero-order valence-corrected chi connectivity index (χ0v) is 16.7. The van der Waals surface area contributed by atoms with E-state index >= 15 is 0 Å². The number of nitrogens with one attached hydrogen (secondary N) is 1. The summed E-state index contributed by atoms with van der Waals surface area (Å²) in [6, 6.07) is 3.03. The first-order chi connectivity index (χ1) is 14.4. The summed E-state index contributed by atoms with van der Waals surface area (Å²) in [4.78, 5) is 37.8. The number of carbonyl (C=O) groups is 1. The lowest BCUT2D eigenvalue weighted by molar-refractivity contribution is -0.123. The van der Waals surface area contributed by atoms with Gasteiger partial charge in [-0.3, -0.25) is 23.8 Å². The number of pyridine rings is 1. The topological polar surface area (TPSA) is 134 Å². The van der Waals surface area contributed by atoms with Crippen molar-refractivity contribution in [1.29, 1.82) is 0 Å². The molecule has 4 aromatic heterocycles. The average molecular weight is 408 g/mol. The SMILES string of the molecule is CC(C)C(NC(=O)Cn1cnc2c(cnn2C)c1=O)c1nc(-c2ccncc2)no1. The highest BCUT2D eigenvalue weighted by Crippen LogP contribution is 2.23. The summed E-state index contributed by atoms with van der Waals surface area (Å²) in [7, 11) is 1.70. The normalized spacial score (nSPS) is 12.4. The van der Waals surface area contributed by atoms with Crippen molar-refractivity contribution in [2.45, 2.75) is 26.4 Å². The fourth-order valence-electron chi connectivity index (χ4n) is 3.05. The van der Waals surface area contributed by atoms with Gasteiger partial charge in [0.05, 0.1) is 6.20 Å². The van der Waals surface area contributed by atoms with Gasteiger partial charge in [0, 0.05) is 25.0 Å².